The molecule has 0 radical (unpaired) electrons. The molecule has 0 spiro atoms. The highest BCUT2D eigenvalue weighted by atomic mass is 19.4. The minimum absolute atomic E-state index is 0.159. The van der Waals surface area contributed by atoms with E-state index in [-0.39, 0.29) is 17.9 Å². The highest BCUT2D eigenvalue weighted by Gasteiger charge is 2.34. The largest absolute Gasteiger partial charge is 0.479 e. The number of ether oxygens (including phenoxy) is 1. The van der Waals surface area contributed by atoms with Crippen LogP contribution in [0.5, 0.6) is 5.88 Å². The van der Waals surface area contributed by atoms with E-state index in [1.165, 1.54) is 6.07 Å². The fourth-order valence-corrected chi connectivity index (χ4v) is 4.44. The summed E-state index contributed by atoms with van der Waals surface area (Å²) >= 11 is 0. The standard InChI is InChI=1S/C24H23F3N6O/c1-15-13-32(14-28-15)20-10-9-19(29-23(20)34-2)21-30-22-17(7-5-11-33(22)31-21)12-16-6-3-4-8-18(16)24(25,26)27/h3-4,6,8-10,13-14,17H,5,7,11-12H2,1-2H3/t17-/m1/s1. The Morgan fingerprint density at radius 1 is 1.12 bits per heavy atom. The van der Waals surface area contributed by atoms with Crippen molar-refractivity contribution in [3.8, 4) is 23.1 Å². The number of rotatable bonds is 5. The zero-order valence-electron chi connectivity index (χ0n) is 18.8. The summed E-state index contributed by atoms with van der Waals surface area (Å²) < 4.78 is 49.6. The van der Waals surface area contributed by atoms with Crippen LogP contribution in [-0.2, 0) is 19.1 Å². The Bertz CT molecular complexity index is 1330. The van der Waals surface area contributed by atoms with Crippen LogP contribution in [0, 0.1) is 6.92 Å². The molecule has 1 aliphatic heterocycles. The maximum Gasteiger partial charge on any atom is 0.416 e. The fourth-order valence-electron chi connectivity index (χ4n) is 4.44. The van der Waals surface area contributed by atoms with Crippen LogP contribution in [-0.4, -0.2) is 36.4 Å². The van der Waals surface area contributed by atoms with Gasteiger partial charge in [-0.2, -0.15) is 13.2 Å². The van der Waals surface area contributed by atoms with Crippen LogP contribution in [0.3, 0.4) is 0 Å². The summed E-state index contributed by atoms with van der Waals surface area (Å²) in [5.41, 5.74) is 1.82. The predicted molar refractivity (Wildman–Crippen MR) is 119 cm³/mol. The Morgan fingerprint density at radius 2 is 1.94 bits per heavy atom. The first-order valence-electron chi connectivity index (χ1n) is 11.0. The van der Waals surface area contributed by atoms with Crippen LogP contribution in [0.25, 0.3) is 17.2 Å². The van der Waals surface area contributed by atoms with Crippen LogP contribution in [0.15, 0.2) is 48.9 Å². The number of pyridine rings is 1. The summed E-state index contributed by atoms with van der Waals surface area (Å²) in [6.07, 6.45) is 0.996. The van der Waals surface area contributed by atoms with Crippen molar-refractivity contribution < 1.29 is 17.9 Å². The highest BCUT2D eigenvalue weighted by molar-refractivity contribution is 5.55. The number of aromatic nitrogens is 6. The minimum atomic E-state index is -4.39. The summed E-state index contributed by atoms with van der Waals surface area (Å²) in [5.74, 6) is 1.36. The molecule has 1 aliphatic rings. The van der Waals surface area contributed by atoms with Crippen LogP contribution in [0.4, 0.5) is 13.2 Å². The SMILES string of the molecule is COc1nc(-c2nc3n(n2)CCC[C@@H]3Cc2ccccc2C(F)(F)F)ccc1-n1cnc(C)c1. The summed E-state index contributed by atoms with van der Waals surface area (Å²) in [6.45, 7) is 2.57. The molecule has 0 unspecified atom stereocenters. The van der Waals surface area contributed by atoms with Gasteiger partial charge in [-0.05, 0) is 49.9 Å². The molecule has 7 nitrogen and oxygen atoms in total. The summed E-state index contributed by atoms with van der Waals surface area (Å²) in [7, 11) is 1.54. The van der Waals surface area contributed by atoms with Crippen molar-refractivity contribution in [2.24, 2.45) is 0 Å². The second-order valence-electron chi connectivity index (χ2n) is 8.36. The molecule has 0 fully saturated rings. The van der Waals surface area contributed by atoms with E-state index in [9.17, 15) is 13.2 Å². The summed E-state index contributed by atoms with van der Waals surface area (Å²) in [6, 6.07) is 9.41. The molecule has 176 valence electrons. The topological polar surface area (TPSA) is 70.7 Å². The van der Waals surface area contributed by atoms with Gasteiger partial charge < -0.3 is 9.30 Å². The molecule has 1 atom stereocenters. The Hall–Kier alpha value is -3.69. The zero-order chi connectivity index (χ0) is 23.9. The average Bonchev–Trinajstić information content (AvgIpc) is 3.45. The number of nitrogens with zero attached hydrogens (tertiary/aromatic N) is 6. The molecule has 1 aromatic carbocycles. The van der Waals surface area contributed by atoms with E-state index >= 15 is 0 Å². The van der Waals surface area contributed by atoms with E-state index in [4.69, 9.17) is 9.72 Å². The van der Waals surface area contributed by atoms with Gasteiger partial charge in [0, 0.05) is 18.7 Å². The lowest BCUT2D eigenvalue weighted by Gasteiger charge is -2.23. The van der Waals surface area contributed by atoms with Crippen molar-refractivity contribution >= 4 is 0 Å². The van der Waals surface area contributed by atoms with E-state index in [0.717, 1.165) is 30.3 Å². The van der Waals surface area contributed by atoms with Gasteiger partial charge in [-0.1, -0.05) is 18.2 Å². The van der Waals surface area contributed by atoms with Gasteiger partial charge in [0.15, 0.2) is 5.82 Å². The van der Waals surface area contributed by atoms with Gasteiger partial charge in [-0.3, -0.25) is 0 Å². The molecule has 3 aromatic heterocycles. The number of hydrogen-bond acceptors (Lipinski definition) is 5. The third-order valence-corrected chi connectivity index (χ3v) is 6.03. The quantitative estimate of drug-likeness (QED) is 0.413. The maximum atomic E-state index is 13.5. The first-order valence-corrected chi connectivity index (χ1v) is 11.0. The number of benzene rings is 1. The lowest BCUT2D eigenvalue weighted by molar-refractivity contribution is -0.138. The second kappa shape index (κ2) is 8.58. The van der Waals surface area contributed by atoms with Crippen LogP contribution in [0.1, 0.15) is 41.4 Å². The van der Waals surface area contributed by atoms with Gasteiger partial charge in [0.2, 0.25) is 5.88 Å². The number of aryl methyl sites for hydroxylation is 2. The Morgan fingerprint density at radius 3 is 2.68 bits per heavy atom. The Balaban J connectivity index is 1.47. The Kier molecular flexibility index (Phi) is 5.59. The maximum absolute atomic E-state index is 13.5. The van der Waals surface area contributed by atoms with Crippen LogP contribution in [0.2, 0.25) is 0 Å². The number of alkyl halides is 3. The number of methoxy groups -OCH3 is 1. The first kappa shape index (κ1) is 22.1. The molecule has 0 bridgehead atoms. The molecule has 4 heterocycles. The molecule has 0 saturated carbocycles. The van der Waals surface area contributed by atoms with Crippen LogP contribution < -0.4 is 4.74 Å². The summed E-state index contributed by atoms with van der Waals surface area (Å²) in [4.78, 5) is 13.5. The molecule has 4 aromatic rings. The molecule has 0 amide bonds. The highest BCUT2D eigenvalue weighted by Crippen LogP contribution is 2.37. The normalized spacial score (nSPS) is 15.9. The van der Waals surface area contributed by atoms with Gasteiger partial charge in [0.05, 0.1) is 24.7 Å². The Labute approximate surface area is 194 Å². The van der Waals surface area contributed by atoms with E-state index < -0.39 is 11.7 Å². The molecule has 0 N–H and O–H groups in total. The van der Waals surface area contributed by atoms with Crippen LogP contribution >= 0.6 is 0 Å². The minimum Gasteiger partial charge on any atom is -0.479 e. The second-order valence-corrected chi connectivity index (χ2v) is 8.36. The molecular weight excluding hydrogens is 445 g/mol. The molecular formula is C24H23F3N6O. The smallest absolute Gasteiger partial charge is 0.416 e. The lowest BCUT2D eigenvalue weighted by atomic mass is 9.89. The van der Waals surface area contributed by atoms with Gasteiger partial charge in [-0.15, -0.1) is 5.10 Å². The fraction of sp³-hybridized carbons (Fsp3) is 0.333. The van der Waals surface area contributed by atoms with Crippen molar-refractivity contribution in [1.29, 1.82) is 0 Å². The molecule has 10 heteroatoms. The third-order valence-electron chi connectivity index (χ3n) is 6.03. The van der Waals surface area contributed by atoms with Crippen molar-refractivity contribution in [2.75, 3.05) is 7.11 Å². The van der Waals surface area contributed by atoms with Crippen molar-refractivity contribution in [3.63, 3.8) is 0 Å². The lowest BCUT2D eigenvalue weighted by Crippen LogP contribution is -2.20. The number of hydrogen-bond donors (Lipinski definition) is 0. The third kappa shape index (κ3) is 4.15. The molecule has 34 heavy (non-hydrogen) atoms. The summed E-state index contributed by atoms with van der Waals surface area (Å²) in [5, 5.41) is 4.61. The van der Waals surface area contributed by atoms with Crippen molar-refractivity contribution in [3.05, 3.63) is 71.6 Å². The number of fused-ring (bicyclic) bond motifs is 1. The van der Waals surface area contributed by atoms with Gasteiger partial charge in [0.25, 0.3) is 0 Å². The van der Waals surface area contributed by atoms with Gasteiger partial charge >= 0.3 is 6.18 Å². The van der Waals surface area contributed by atoms with Crippen molar-refractivity contribution in [1.82, 2.24) is 29.3 Å². The zero-order valence-corrected chi connectivity index (χ0v) is 18.8. The average molecular weight is 468 g/mol. The van der Waals surface area contributed by atoms with Crippen molar-refractivity contribution in [2.45, 2.75) is 44.8 Å². The van der Waals surface area contributed by atoms with Gasteiger partial charge in [0.1, 0.15) is 17.2 Å². The molecule has 0 aliphatic carbocycles. The van der Waals surface area contributed by atoms with E-state index in [0.29, 0.717) is 29.8 Å². The number of imidazole rings is 1. The van der Waals surface area contributed by atoms with E-state index in [2.05, 4.69) is 15.1 Å². The monoisotopic (exact) mass is 468 g/mol. The van der Waals surface area contributed by atoms with Gasteiger partial charge in [-0.25, -0.2) is 19.6 Å². The van der Waals surface area contributed by atoms with E-state index in [1.807, 2.05) is 29.8 Å². The first-order chi connectivity index (χ1) is 16.3. The number of halogens is 3. The van der Waals surface area contributed by atoms with E-state index in [1.54, 1.807) is 30.3 Å². The molecule has 0 saturated heterocycles. The molecule has 5 rings (SSSR count). The predicted octanol–water partition coefficient (Wildman–Crippen LogP) is 4.98.